The molecule has 2 heterocycles. The van der Waals surface area contributed by atoms with E-state index in [1.54, 1.807) is 16.7 Å². The van der Waals surface area contributed by atoms with Gasteiger partial charge in [0, 0.05) is 18.7 Å². The maximum absolute atomic E-state index is 12.5. The Morgan fingerprint density at radius 1 is 1.39 bits per heavy atom. The topological polar surface area (TPSA) is 92.6 Å². The van der Waals surface area contributed by atoms with Crippen molar-refractivity contribution in [3.05, 3.63) is 39.7 Å². The molecule has 150 valence electrons. The maximum atomic E-state index is 12.5. The first-order valence-electron chi connectivity index (χ1n) is 8.17. The average molecular weight is 509 g/mol. The van der Waals surface area contributed by atoms with Crippen LogP contribution in [0.1, 0.15) is 23.0 Å². The first-order valence-corrected chi connectivity index (χ1v) is 9.25. The number of rotatable bonds is 5. The maximum Gasteiger partial charge on any atom is 0.573 e. The molecule has 0 aliphatic carbocycles. The highest BCUT2D eigenvalue weighted by molar-refractivity contribution is 14.1. The minimum absolute atomic E-state index is 0.185. The molecule has 11 heteroatoms. The van der Waals surface area contributed by atoms with Crippen LogP contribution in [0.25, 0.3) is 11.1 Å². The van der Waals surface area contributed by atoms with Gasteiger partial charge in [-0.3, -0.25) is 4.79 Å². The van der Waals surface area contributed by atoms with E-state index >= 15 is 0 Å². The third-order valence-electron chi connectivity index (χ3n) is 4.20. The van der Waals surface area contributed by atoms with Crippen molar-refractivity contribution in [2.75, 3.05) is 13.1 Å². The monoisotopic (exact) mass is 509 g/mol. The Kier molecular flexibility index (Phi) is 5.72. The van der Waals surface area contributed by atoms with E-state index in [4.69, 9.17) is 5.11 Å². The molecule has 3 rings (SSSR count). The molecule has 1 aliphatic rings. The number of carbonyl (C=O) groups is 2. The van der Waals surface area contributed by atoms with E-state index in [-0.39, 0.29) is 24.2 Å². The quantitative estimate of drug-likeness (QED) is 0.538. The summed E-state index contributed by atoms with van der Waals surface area (Å²) < 4.78 is 43.9. The number of nitrogens with zero attached hydrogens (tertiary/aromatic N) is 1. The summed E-state index contributed by atoms with van der Waals surface area (Å²) in [5.41, 5.74) is 1.44. The van der Waals surface area contributed by atoms with E-state index in [9.17, 15) is 22.8 Å². The smallest absolute Gasteiger partial charge is 0.465 e. The number of amides is 2. The van der Waals surface area contributed by atoms with Crippen LogP contribution in [0.15, 0.2) is 30.3 Å². The zero-order valence-electron chi connectivity index (χ0n) is 14.2. The van der Waals surface area contributed by atoms with Gasteiger partial charge in [0.15, 0.2) is 0 Å². The fourth-order valence-corrected chi connectivity index (χ4v) is 4.19. The number of benzene rings is 1. The van der Waals surface area contributed by atoms with Gasteiger partial charge in [-0.25, -0.2) is 4.79 Å². The van der Waals surface area contributed by atoms with Crippen LogP contribution < -0.4 is 15.4 Å². The summed E-state index contributed by atoms with van der Waals surface area (Å²) in [6.45, 7) is 0.530. The Hall–Kier alpha value is -2.44. The van der Waals surface area contributed by atoms with Crippen LogP contribution in [0.2, 0.25) is 0 Å². The van der Waals surface area contributed by atoms with Crippen LogP contribution in [-0.4, -0.2) is 41.1 Å². The van der Waals surface area contributed by atoms with E-state index in [0.717, 1.165) is 0 Å². The van der Waals surface area contributed by atoms with E-state index < -0.39 is 12.5 Å². The third kappa shape index (κ3) is 4.51. The van der Waals surface area contributed by atoms with Gasteiger partial charge in [-0.15, -0.1) is 13.2 Å². The number of hydrogen-bond acceptors (Lipinski definition) is 3. The van der Waals surface area contributed by atoms with Crippen molar-refractivity contribution in [1.29, 1.82) is 0 Å². The normalized spacial score (nSPS) is 16.3. The second-order valence-corrected chi connectivity index (χ2v) is 7.09. The van der Waals surface area contributed by atoms with Gasteiger partial charge in [0.2, 0.25) is 0 Å². The number of halogens is 4. The van der Waals surface area contributed by atoms with Crippen LogP contribution in [0.4, 0.5) is 18.0 Å². The highest BCUT2D eigenvalue weighted by atomic mass is 127. The van der Waals surface area contributed by atoms with Crippen LogP contribution in [0.3, 0.4) is 0 Å². The van der Waals surface area contributed by atoms with Gasteiger partial charge < -0.3 is 25.0 Å². The lowest BCUT2D eigenvalue weighted by molar-refractivity contribution is -0.274. The number of aromatic nitrogens is 1. The number of alkyl halides is 3. The van der Waals surface area contributed by atoms with Crippen molar-refractivity contribution in [2.24, 2.45) is 0 Å². The van der Waals surface area contributed by atoms with Crippen molar-refractivity contribution in [1.82, 2.24) is 15.2 Å². The Morgan fingerprint density at radius 2 is 2.14 bits per heavy atom. The van der Waals surface area contributed by atoms with Crippen molar-refractivity contribution in [2.45, 2.75) is 18.8 Å². The van der Waals surface area contributed by atoms with Crippen molar-refractivity contribution >= 4 is 34.6 Å². The van der Waals surface area contributed by atoms with Gasteiger partial charge in [-0.1, -0.05) is 12.1 Å². The molecule has 1 unspecified atom stereocenters. The largest absolute Gasteiger partial charge is 0.573 e. The molecule has 1 aromatic carbocycles. The first-order chi connectivity index (χ1) is 13.2. The second-order valence-electron chi connectivity index (χ2n) is 6.06. The van der Waals surface area contributed by atoms with Crippen LogP contribution in [0, 0.1) is 3.70 Å². The summed E-state index contributed by atoms with van der Waals surface area (Å²) >= 11 is 2.04. The van der Waals surface area contributed by atoms with Crippen LogP contribution in [-0.2, 0) is 0 Å². The molecule has 2 amide bonds. The second kappa shape index (κ2) is 7.89. The summed E-state index contributed by atoms with van der Waals surface area (Å²) in [6.07, 6.45) is -5.49. The lowest BCUT2D eigenvalue weighted by Crippen LogP contribution is -2.40. The molecular weight excluding hydrogens is 494 g/mol. The molecule has 0 fully saturated rings. The summed E-state index contributed by atoms with van der Waals surface area (Å²) in [7, 11) is 0. The molecule has 0 saturated heterocycles. The van der Waals surface area contributed by atoms with E-state index in [2.05, 4.69) is 15.4 Å². The average Bonchev–Trinajstić information content (AvgIpc) is 2.94. The number of carbonyl (C=O) groups excluding carboxylic acids is 1. The molecule has 0 bridgehead atoms. The zero-order chi connectivity index (χ0) is 20.5. The summed E-state index contributed by atoms with van der Waals surface area (Å²) in [6, 6.07) is 6.96. The van der Waals surface area contributed by atoms with Crippen LogP contribution >= 0.6 is 22.6 Å². The predicted octanol–water partition coefficient (Wildman–Crippen LogP) is 3.60. The molecule has 28 heavy (non-hydrogen) atoms. The molecule has 0 spiro atoms. The van der Waals surface area contributed by atoms with Gasteiger partial charge in [0.05, 0.1) is 9.74 Å². The van der Waals surface area contributed by atoms with E-state index in [1.807, 2.05) is 22.6 Å². The SMILES string of the molecule is O=C(O)NCCC1CNC(=O)c2cc(-c3cccc(OC(F)(F)F)c3)c(I)n21. The molecule has 3 N–H and O–H groups in total. The van der Waals surface area contributed by atoms with Gasteiger partial charge in [-0.05, 0) is 52.8 Å². The highest BCUT2D eigenvalue weighted by Crippen LogP contribution is 2.35. The number of fused-ring (bicyclic) bond motifs is 1. The molecule has 0 saturated carbocycles. The standard InChI is InChI=1S/C17H15F3IN3O4/c18-17(19,20)28-11-3-1-2-9(6-11)12-7-13-15(25)23-8-10(24(13)14(12)21)4-5-22-16(26)27/h1-3,6-7,10,22H,4-5,8H2,(H,23,25)(H,26,27). The minimum Gasteiger partial charge on any atom is -0.465 e. The molecule has 0 radical (unpaired) electrons. The molecule has 1 atom stereocenters. The van der Waals surface area contributed by atoms with Gasteiger partial charge >= 0.3 is 12.5 Å². The molecule has 7 nitrogen and oxygen atoms in total. The lowest BCUT2D eigenvalue weighted by atomic mass is 10.1. The van der Waals surface area contributed by atoms with E-state index in [0.29, 0.717) is 33.5 Å². The number of carboxylic acid groups (broad SMARTS) is 1. The third-order valence-corrected chi connectivity index (χ3v) is 5.30. The van der Waals surface area contributed by atoms with Gasteiger partial charge in [0.1, 0.15) is 11.4 Å². The fraction of sp³-hybridized carbons (Fsp3) is 0.294. The first kappa shape index (κ1) is 20.3. The molecule has 2 aromatic rings. The van der Waals surface area contributed by atoms with Gasteiger partial charge in [0.25, 0.3) is 5.91 Å². The van der Waals surface area contributed by atoms with Crippen molar-refractivity contribution in [3.63, 3.8) is 0 Å². The Bertz CT molecular complexity index is 914. The zero-order valence-corrected chi connectivity index (χ0v) is 16.4. The Morgan fingerprint density at radius 3 is 2.82 bits per heavy atom. The van der Waals surface area contributed by atoms with Crippen LogP contribution in [0.5, 0.6) is 5.75 Å². The summed E-state index contributed by atoms with van der Waals surface area (Å²) in [5, 5.41) is 13.7. The number of ether oxygens (including phenoxy) is 1. The van der Waals surface area contributed by atoms with E-state index in [1.165, 1.54) is 18.2 Å². The highest BCUT2D eigenvalue weighted by Gasteiger charge is 2.32. The van der Waals surface area contributed by atoms with Crippen molar-refractivity contribution in [3.8, 4) is 16.9 Å². The molecule has 1 aliphatic heterocycles. The molecular formula is C17H15F3IN3O4. The summed E-state index contributed by atoms with van der Waals surface area (Å²) in [5.74, 6) is -0.647. The van der Waals surface area contributed by atoms with Crippen molar-refractivity contribution < 1.29 is 32.6 Å². The predicted molar refractivity (Wildman–Crippen MR) is 101 cm³/mol. The summed E-state index contributed by atoms with van der Waals surface area (Å²) in [4.78, 5) is 22.9. The Balaban J connectivity index is 1.94. The molecule has 1 aromatic heterocycles. The number of hydrogen-bond donors (Lipinski definition) is 3. The minimum atomic E-state index is -4.80. The number of nitrogens with one attached hydrogen (secondary N) is 2. The Labute approximate surface area is 171 Å². The lowest BCUT2D eigenvalue weighted by Gasteiger charge is -2.27. The fourth-order valence-electron chi connectivity index (χ4n) is 3.07. The van der Waals surface area contributed by atoms with Gasteiger partial charge in [-0.2, -0.15) is 0 Å².